The summed E-state index contributed by atoms with van der Waals surface area (Å²) in [6.07, 6.45) is 1.07. The van der Waals surface area contributed by atoms with Crippen molar-refractivity contribution in [3.8, 4) is 5.75 Å². The van der Waals surface area contributed by atoms with Gasteiger partial charge in [0.05, 0.1) is 25.1 Å². The average Bonchev–Trinajstić information content (AvgIpc) is 2.73. The molecule has 0 atom stereocenters. The molecule has 168 valence electrons. The minimum Gasteiger partial charge on any atom is -0.494 e. The number of aryl methyl sites for hydroxylation is 1. The third-order valence-corrected chi connectivity index (χ3v) is 5.87. The molecular formula is C24H25FN2O4S. The maximum Gasteiger partial charge on any atom is 0.255 e. The predicted octanol–water partition coefficient (Wildman–Crippen LogP) is 4.75. The zero-order chi connectivity index (χ0) is 23.3. The predicted molar refractivity (Wildman–Crippen MR) is 124 cm³/mol. The second-order valence-electron chi connectivity index (χ2n) is 7.33. The molecule has 0 unspecified atom stereocenters. The molecule has 3 aromatic rings. The van der Waals surface area contributed by atoms with Crippen molar-refractivity contribution in [3.05, 3.63) is 89.2 Å². The lowest BCUT2D eigenvalue weighted by atomic mass is 10.1. The summed E-state index contributed by atoms with van der Waals surface area (Å²) in [7, 11) is -3.69. The van der Waals surface area contributed by atoms with E-state index in [4.69, 9.17) is 4.74 Å². The van der Waals surface area contributed by atoms with E-state index in [1.807, 2.05) is 32.0 Å². The molecule has 1 N–H and O–H groups in total. The minimum absolute atomic E-state index is 0.0780. The summed E-state index contributed by atoms with van der Waals surface area (Å²) >= 11 is 0. The van der Waals surface area contributed by atoms with Crippen LogP contribution in [-0.2, 0) is 16.6 Å². The number of amides is 1. The first kappa shape index (κ1) is 23.3. The smallest absolute Gasteiger partial charge is 0.255 e. The molecule has 8 heteroatoms. The number of halogens is 1. The third kappa shape index (κ3) is 5.85. The summed E-state index contributed by atoms with van der Waals surface area (Å²) in [5.41, 5.74) is 2.86. The summed E-state index contributed by atoms with van der Waals surface area (Å²) in [6.45, 7) is 4.04. The molecule has 0 aliphatic carbocycles. The van der Waals surface area contributed by atoms with Gasteiger partial charge >= 0.3 is 0 Å². The second-order valence-corrected chi connectivity index (χ2v) is 9.23. The molecule has 3 aromatic carbocycles. The first-order valence-corrected chi connectivity index (χ1v) is 11.9. The molecular weight excluding hydrogens is 431 g/mol. The van der Waals surface area contributed by atoms with Gasteiger partial charge in [0.25, 0.3) is 5.91 Å². The number of nitrogens with zero attached hydrogens (tertiary/aromatic N) is 1. The zero-order valence-corrected chi connectivity index (χ0v) is 18.9. The summed E-state index contributed by atoms with van der Waals surface area (Å²) < 4.78 is 45.1. The number of hydrogen-bond acceptors (Lipinski definition) is 4. The topological polar surface area (TPSA) is 75.7 Å². The van der Waals surface area contributed by atoms with Crippen LogP contribution in [0.4, 0.5) is 15.8 Å². The molecule has 1 amide bonds. The van der Waals surface area contributed by atoms with E-state index in [1.165, 1.54) is 24.3 Å². The van der Waals surface area contributed by atoms with Gasteiger partial charge in [-0.2, -0.15) is 0 Å². The Balaban J connectivity index is 1.95. The molecule has 0 saturated heterocycles. The number of rotatable bonds is 8. The highest BCUT2D eigenvalue weighted by atomic mass is 32.2. The fourth-order valence-corrected chi connectivity index (χ4v) is 4.11. The molecule has 0 spiro atoms. The lowest BCUT2D eigenvalue weighted by Crippen LogP contribution is -2.29. The van der Waals surface area contributed by atoms with Crippen molar-refractivity contribution >= 4 is 27.3 Å². The van der Waals surface area contributed by atoms with Crippen LogP contribution in [0, 0.1) is 12.7 Å². The number of carbonyl (C=O) groups excluding carboxylic acids is 1. The van der Waals surface area contributed by atoms with Gasteiger partial charge in [0, 0.05) is 16.8 Å². The van der Waals surface area contributed by atoms with Crippen LogP contribution >= 0.6 is 0 Å². The van der Waals surface area contributed by atoms with Crippen LogP contribution in [0.5, 0.6) is 5.75 Å². The second kappa shape index (κ2) is 9.82. The van der Waals surface area contributed by atoms with Gasteiger partial charge in [-0.1, -0.05) is 12.1 Å². The average molecular weight is 457 g/mol. The molecule has 6 nitrogen and oxygen atoms in total. The highest BCUT2D eigenvalue weighted by molar-refractivity contribution is 7.92. The first-order chi connectivity index (χ1) is 15.2. The molecule has 0 aliphatic rings. The Labute approximate surface area is 187 Å². The Hall–Kier alpha value is -3.39. The van der Waals surface area contributed by atoms with E-state index in [9.17, 15) is 17.6 Å². The summed E-state index contributed by atoms with van der Waals surface area (Å²) in [5.74, 6) is -0.324. The summed E-state index contributed by atoms with van der Waals surface area (Å²) in [4.78, 5) is 12.8. The normalized spacial score (nSPS) is 11.1. The SMILES string of the molecule is CCOc1ccc(C(=O)Nc2cccc(C)c2)cc1CN(c1ccc(F)cc1)S(C)(=O)=O. The van der Waals surface area contributed by atoms with Gasteiger partial charge in [0.15, 0.2) is 0 Å². The van der Waals surface area contributed by atoms with Crippen LogP contribution in [0.2, 0.25) is 0 Å². The van der Waals surface area contributed by atoms with Crippen LogP contribution in [-0.4, -0.2) is 27.2 Å². The van der Waals surface area contributed by atoms with E-state index in [0.29, 0.717) is 34.9 Å². The van der Waals surface area contributed by atoms with Crippen LogP contribution < -0.4 is 14.4 Å². The molecule has 0 bridgehead atoms. The highest BCUT2D eigenvalue weighted by Gasteiger charge is 2.21. The van der Waals surface area contributed by atoms with Crippen molar-refractivity contribution in [2.45, 2.75) is 20.4 Å². The van der Waals surface area contributed by atoms with E-state index in [0.717, 1.165) is 16.1 Å². The van der Waals surface area contributed by atoms with Gasteiger partial charge in [-0.15, -0.1) is 0 Å². The van der Waals surface area contributed by atoms with Crippen molar-refractivity contribution in [1.29, 1.82) is 0 Å². The van der Waals surface area contributed by atoms with Crippen LogP contribution in [0.1, 0.15) is 28.4 Å². The maximum absolute atomic E-state index is 13.4. The minimum atomic E-state index is -3.69. The first-order valence-electron chi connectivity index (χ1n) is 10.0. The molecule has 32 heavy (non-hydrogen) atoms. The van der Waals surface area contributed by atoms with Crippen LogP contribution in [0.3, 0.4) is 0 Å². The Bertz CT molecular complexity index is 1210. The van der Waals surface area contributed by atoms with Crippen molar-refractivity contribution in [3.63, 3.8) is 0 Å². The Morgan fingerprint density at radius 1 is 1.06 bits per heavy atom. The lowest BCUT2D eigenvalue weighted by Gasteiger charge is -2.24. The zero-order valence-electron chi connectivity index (χ0n) is 18.1. The van der Waals surface area contributed by atoms with Crippen molar-refractivity contribution in [1.82, 2.24) is 0 Å². The van der Waals surface area contributed by atoms with Crippen LogP contribution in [0.15, 0.2) is 66.7 Å². The Morgan fingerprint density at radius 2 is 1.78 bits per heavy atom. The third-order valence-electron chi connectivity index (χ3n) is 4.73. The number of nitrogens with one attached hydrogen (secondary N) is 1. The number of benzene rings is 3. The maximum atomic E-state index is 13.4. The van der Waals surface area contributed by atoms with Gasteiger partial charge in [-0.05, 0) is 74.0 Å². The Morgan fingerprint density at radius 3 is 2.41 bits per heavy atom. The number of ether oxygens (including phenoxy) is 1. The van der Waals surface area contributed by atoms with E-state index >= 15 is 0 Å². The highest BCUT2D eigenvalue weighted by Crippen LogP contribution is 2.27. The van der Waals surface area contributed by atoms with Gasteiger partial charge in [-0.3, -0.25) is 9.10 Å². The molecule has 0 aromatic heterocycles. The molecule has 0 aliphatic heterocycles. The fourth-order valence-electron chi connectivity index (χ4n) is 3.23. The molecule has 0 heterocycles. The number of hydrogen-bond donors (Lipinski definition) is 1. The van der Waals surface area contributed by atoms with Gasteiger partial charge in [0.2, 0.25) is 10.0 Å². The fraction of sp³-hybridized carbons (Fsp3) is 0.208. The van der Waals surface area contributed by atoms with Gasteiger partial charge in [0.1, 0.15) is 11.6 Å². The van der Waals surface area contributed by atoms with E-state index in [2.05, 4.69) is 5.32 Å². The molecule has 3 rings (SSSR count). The van der Waals surface area contributed by atoms with Crippen molar-refractivity contribution in [2.75, 3.05) is 22.5 Å². The van der Waals surface area contributed by atoms with E-state index in [1.54, 1.807) is 24.3 Å². The molecule has 0 radical (unpaired) electrons. The summed E-state index contributed by atoms with van der Waals surface area (Å²) in [5, 5.41) is 2.85. The summed E-state index contributed by atoms with van der Waals surface area (Å²) in [6, 6.07) is 17.5. The number of sulfonamides is 1. The van der Waals surface area contributed by atoms with E-state index in [-0.39, 0.29) is 12.5 Å². The van der Waals surface area contributed by atoms with Gasteiger partial charge in [-0.25, -0.2) is 12.8 Å². The molecule has 0 saturated carbocycles. The largest absolute Gasteiger partial charge is 0.494 e. The van der Waals surface area contributed by atoms with E-state index < -0.39 is 15.8 Å². The number of anilines is 2. The van der Waals surface area contributed by atoms with Crippen molar-refractivity contribution < 1.29 is 22.3 Å². The Kier molecular flexibility index (Phi) is 7.15. The number of carbonyl (C=O) groups is 1. The van der Waals surface area contributed by atoms with Crippen LogP contribution in [0.25, 0.3) is 0 Å². The molecule has 0 fully saturated rings. The van der Waals surface area contributed by atoms with Crippen molar-refractivity contribution in [2.24, 2.45) is 0 Å². The van der Waals surface area contributed by atoms with Gasteiger partial charge < -0.3 is 10.1 Å². The monoisotopic (exact) mass is 456 g/mol. The lowest BCUT2D eigenvalue weighted by molar-refractivity contribution is 0.102. The standard InChI is InChI=1S/C24H25FN2O4S/c1-4-31-23-13-8-18(24(28)26-21-7-5-6-17(2)14-21)15-19(23)16-27(32(3,29)30)22-11-9-20(25)10-12-22/h5-15H,4,16H2,1-3H3,(H,26,28). The quantitative estimate of drug-likeness (QED) is 0.531.